The molecule has 0 bridgehead atoms. The van der Waals surface area contributed by atoms with Crippen LogP contribution >= 0.6 is 0 Å². The average molecular weight is 275 g/mol. The Morgan fingerprint density at radius 3 is 2.45 bits per heavy atom. The Labute approximate surface area is 113 Å². The first-order valence-electron chi connectivity index (χ1n) is 5.91. The molecule has 0 aliphatic carbocycles. The normalized spacial score (nSPS) is 10.9. The number of aromatic amines is 1. The molecule has 2 heterocycles. The standard InChI is InChI=1S/C14H11F2N3O/c1-7-2-3-11(20-7)13-12(14(17)19-18-13)8-4-9(15)6-10(16)5-8/h2-6H,1H3,(H3,17,18,19). The van der Waals surface area contributed by atoms with Gasteiger partial charge in [0, 0.05) is 6.07 Å². The average Bonchev–Trinajstić information content (AvgIpc) is 2.94. The van der Waals surface area contributed by atoms with Crippen molar-refractivity contribution in [3.63, 3.8) is 0 Å². The highest BCUT2D eigenvalue weighted by molar-refractivity contribution is 5.86. The Kier molecular flexibility index (Phi) is 2.78. The maximum Gasteiger partial charge on any atom is 0.153 e. The Morgan fingerprint density at radius 2 is 1.85 bits per heavy atom. The lowest BCUT2D eigenvalue weighted by atomic mass is 10.0. The summed E-state index contributed by atoms with van der Waals surface area (Å²) < 4.78 is 32.2. The van der Waals surface area contributed by atoms with Gasteiger partial charge in [0.15, 0.2) is 11.6 Å². The van der Waals surface area contributed by atoms with Crippen molar-refractivity contribution in [1.82, 2.24) is 10.2 Å². The minimum atomic E-state index is -0.679. The van der Waals surface area contributed by atoms with Gasteiger partial charge in [-0.25, -0.2) is 8.78 Å². The predicted octanol–water partition coefficient (Wildman–Crippen LogP) is 3.51. The summed E-state index contributed by atoms with van der Waals surface area (Å²) in [5.74, 6) is 0.0133. The second-order valence-corrected chi connectivity index (χ2v) is 4.43. The summed E-state index contributed by atoms with van der Waals surface area (Å²) in [7, 11) is 0. The third-order valence-electron chi connectivity index (χ3n) is 2.93. The number of nitrogens with two attached hydrogens (primary N) is 1. The van der Waals surface area contributed by atoms with Gasteiger partial charge in [0.25, 0.3) is 0 Å². The van der Waals surface area contributed by atoms with Crippen LogP contribution in [0, 0.1) is 18.6 Å². The van der Waals surface area contributed by atoms with E-state index in [-0.39, 0.29) is 5.82 Å². The van der Waals surface area contributed by atoms with E-state index in [1.54, 1.807) is 19.1 Å². The molecule has 0 saturated heterocycles. The second-order valence-electron chi connectivity index (χ2n) is 4.43. The van der Waals surface area contributed by atoms with Gasteiger partial charge in [-0.2, -0.15) is 5.10 Å². The molecule has 1 aromatic carbocycles. The molecule has 3 aromatic rings. The number of nitrogen functional groups attached to an aromatic ring is 1. The van der Waals surface area contributed by atoms with Gasteiger partial charge in [-0.15, -0.1) is 0 Å². The number of hydrogen-bond acceptors (Lipinski definition) is 3. The second kappa shape index (κ2) is 4.48. The molecule has 6 heteroatoms. The zero-order chi connectivity index (χ0) is 14.3. The summed E-state index contributed by atoms with van der Waals surface area (Å²) in [5.41, 5.74) is 6.99. The Morgan fingerprint density at radius 1 is 1.15 bits per heavy atom. The summed E-state index contributed by atoms with van der Waals surface area (Å²) in [6.07, 6.45) is 0. The Balaban J connectivity index is 2.21. The molecule has 0 fully saturated rings. The number of benzene rings is 1. The fraction of sp³-hybridized carbons (Fsp3) is 0.0714. The number of furan rings is 1. The number of aromatic nitrogens is 2. The van der Waals surface area contributed by atoms with Crippen LogP contribution in [0.4, 0.5) is 14.6 Å². The number of anilines is 1. The minimum Gasteiger partial charge on any atom is -0.460 e. The largest absolute Gasteiger partial charge is 0.460 e. The van der Waals surface area contributed by atoms with Crippen molar-refractivity contribution >= 4 is 5.82 Å². The van der Waals surface area contributed by atoms with Gasteiger partial charge < -0.3 is 10.2 Å². The van der Waals surface area contributed by atoms with Crippen molar-refractivity contribution in [3.05, 3.63) is 47.7 Å². The molecule has 0 aliphatic rings. The van der Waals surface area contributed by atoms with E-state index in [4.69, 9.17) is 10.2 Å². The van der Waals surface area contributed by atoms with Crippen LogP contribution in [0.15, 0.2) is 34.7 Å². The first-order chi connectivity index (χ1) is 9.54. The summed E-state index contributed by atoms with van der Waals surface area (Å²) in [6.45, 7) is 1.80. The highest BCUT2D eigenvalue weighted by Crippen LogP contribution is 2.35. The van der Waals surface area contributed by atoms with Crippen LogP contribution in [0.3, 0.4) is 0 Å². The van der Waals surface area contributed by atoms with Crippen molar-refractivity contribution in [1.29, 1.82) is 0 Å². The number of aryl methyl sites for hydroxylation is 1. The fourth-order valence-electron chi connectivity index (χ4n) is 2.09. The number of nitrogens with one attached hydrogen (secondary N) is 1. The molecule has 0 spiro atoms. The van der Waals surface area contributed by atoms with Gasteiger partial charge in [0.05, 0.1) is 5.56 Å². The first-order valence-corrected chi connectivity index (χ1v) is 5.91. The third kappa shape index (κ3) is 2.05. The van der Waals surface area contributed by atoms with E-state index < -0.39 is 11.6 Å². The molecule has 0 aliphatic heterocycles. The molecule has 20 heavy (non-hydrogen) atoms. The van der Waals surface area contributed by atoms with Crippen molar-refractivity contribution in [2.24, 2.45) is 0 Å². The monoisotopic (exact) mass is 275 g/mol. The zero-order valence-electron chi connectivity index (χ0n) is 10.6. The first kappa shape index (κ1) is 12.4. The number of rotatable bonds is 2. The zero-order valence-corrected chi connectivity index (χ0v) is 10.6. The van der Waals surface area contributed by atoms with Crippen LogP contribution in [0.2, 0.25) is 0 Å². The number of halogens is 2. The Bertz CT molecular complexity index is 756. The lowest BCUT2D eigenvalue weighted by Gasteiger charge is -2.03. The lowest BCUT2D eigenvalue weighted by molar-refractivity contribution is 0.546. The van der Waals surface area contributed by atoms with Crippen LogP contribution in [0.5, 0.6) is 0 Å². The summed E-state index contributed by atoms with van der Waals surface area (Å²) in [5, 5.41) is 6.61. The number of nitrogens with zero attached hydrogens (tertiary/aromatic N) is 1. The SMILES string of the molecule is Cc1ccc(-c2[nH]nc(N)c2-c2cc(F)cc(F)c2)o1. The Hall–Kier alpha value is -2.63. The van der Waals surface area contributed by atoms with Crippen LogP contribution in [0.1, 0.15) is 5.76 Å². The van der Waals surface area contributed by atoms with Gasteiger partial charge in [0.2, 0.25) is 0 Å². The van der Waals surface area contributed by atoms with Gasteiger partial charge in [-0.05, 0) is 36.8 Å². The molecule has 0 radical (unpaired) electrons. The topological polar surface area (TPSA) is 67.8 Å². The fourth-order valence-corrected chi connectivity index (χ4v) is 2.09. The highest BCUT2D eigenvalue weighted by atomic mass is 19.1. The van der Waals surface area contributed by atoms with E-state index in [1.807, 2.05) is 0 Å². The van der Waals surface area contributed by atoms with Gasteiger partial charge in [-0.3, -0.25) is 5.10 Å². The molecule has 3 rings (SSSR count). The molecule has 4 nitrogen and oxygen atoms in total. The molecule has 0 atom stereocenters. The summed E-state index contributed by atoms with van der Waals surface area (Å²) >= 11 is 0. The quantitative estimate of drug-likeness (QED) is 0.752. The smallest absolute Gasteiger partial charge is 0.153 e. The van der Waals surface area contributed by atoms with Gasteiger partial charge >= 0.3 is 0 Å². The van der Waals surface area contributed by atoms with E-state index >= 15 is 0 Å². The number of H-pyrrole nitrogens is 1. The van der Waals surface area contributed by atoms with Crippen LogP contribution in [-0.2, 0) is 0 Å². The maximum atomic E-state index is 13.4. The van der Waals surface area contributed by atoms with Crippen LogP contribution < -0.4 is 5.73 Å². The molecular formula is C14H11F2N3O. The highest BCUT2D eigenvalue weighted by Gasteiger charge is 2.18. The van der Waals surface area contributed by atoms with Crippen molar-refractivity contribution < 1.29 is 13.2 Å². The van der Waals surface area contributed by atoms with Gasteiger partial charge in [-0.1, -0.05) is 0 Å². The molecular weight excluding hydrogens is 264 g/mol. The van der Waals surface area contributed by atoms with E-state index in [1.165, 1.54) is 12.1 Å². The van der Waals surface area contributed by atoms with E-state index in [2.05, 4.69) is 10.2 Å². The van der Waals surface area contributed by atoms with E-state index in [0.717, 1.165) is 6.07 Å². The molecule has 0 saturated carbocycles. The third-order valence-corrected chi connectivity index (χ3v) is 2.93. The predicted molar refractivity (Wildman–Crippen MR) is 70.8 cm³/mol. The van der Waals surface area contributed by atoms with E-state index in [9.17, 15) is 8.78 Å². The van der Waals surface area contributed by atoms with Crippen LogP contribution in [-0.4, -0.2) is 10.2 Å². The number of hydrogen-bond donors (Lipinski definition) is 2. The summed E-state index contributed by atoms with van der Waals surface area (Å²) in [6, 6.07) is 6.72. The lowest BCUT2D eigenvalue weighted by Crippen LogP contribution is -1.90. The molecule has 2 aromatic heterocycles. The van der Waals surface area contributed by atoms with Crippen molar-refractivity contribution in [2.75, 3.05) is 5.73 Å². The van der Waals surface area contributed by atoms with Crippen LogP contribution in [0.25, 0.3) is 22.6 Å². The maximum absolute atomic E-state index is 13.4. The summed E-state index contributed by atoms with van der Waals surface area (Å²) in [4.78, 5) is 0. The molecule has 3 N–H and O–H groups in total. The van der Waals surface area contributed by atoms with Crippen molar-refractivity contribution in [2.45, 2.75) is 6.92 Å². The van der Waals surface area contributed by atoms with Crippen molar-refractivity contribution in [3.8, 4) is 22.6 Å². The molecule has 0 amide bonds. The molecule has 102 valence electrons. The molecule has 0 unspecified atom stereocenters. The minimum absolute atomic E-state index is 0.152. The van der Waals surface area contributed by atoms with E-state index in [0.29, 0.717) is 28.3 Å². The van der Waals surface area contributed by atoms with Gasteiger partial charge in [0.1, 0.15) is 23.1 Å².